The maximum Gasteiger partial charge on any atom is 0.333 e. The Kier molecular flexibility index (Phi) is 7.92. The summed E-state index contributed by atoms with van der Waals surface area (Å²) in [7, 11) is 0. The highest BCUT2D eigenvalue weighted by Gasteiger charge is 2.21. The maximum absolute atomic E-state index is 11.5. The van der Waals surface area contributed by atoms with Gasteiger partial charge in [-0.3, -0.25) is 0 Å². The molecule has 1 aromatic heterocycles. The third kappa shape index (κ3) is 6.02. The highest BCUT2D eigenvalue weighted by atomic mass is 16.5. The van der Waals surface area contributed by atoms with E-state index in [-0.39, 0.29) is 6.61 Å². The lowest BCUT2D eigenvalue weighted by Gasteiger charge is -2.17. The van der Waals surface area contributed by atoms with Gasteiger partial charge < -0.3 is 19.0 Å². The Morgan fingerprint density at radius 2 is 1.73 bits per heavy atom. The van der Waals surface area contributed by atoms with E-state index in [1.807, 2.05) is 45.0 Å². The molecule has 0 aliphatic heterocycles. The molecule has 3 rings (SSSR count). The van der Waals surface area contributed by atoms with E-state index in [9.17, 15) is 9.90 Å². The SMILES string of the molecule is CCOC(Cc1c(C)cc(OCc2nc(-c3ccc(C(C)C)cc3)oc2C)cc1C)C(=O)O. The van der Waals surface area contributed by atoms with Crippen LogP contribution in [-0.4, -0.2) is 28.8 Å². The van der Waals surface area contributed by atoms with Crippen LogP contribution in [-0.2, 0) is 22.6 Å². The Bertz CT molecular complexity index is 1080. The van der Waals surface area contributed by atoms with Crippen molar-refractivity contribution in [3.05, 3.63) is 70.1 Å². The summed E-state index contributed by atoms with van der Waals surface area (Å²) in [5.41, 5.74) is 5.87. The number of aromatic nitrogens is 1. The number of hydrogen-bond acceptors (Lipinski definition) is 5. The van der Waals surface area contributed by atoms with Gasteiger partial charge in [-0.1, -0.05) is 26.0 Å². The molecule has 1 atom stereocenters. The number of benzene rings is 2. The van der Waals surface area contributed by atoms with Crippen molar-refractivity contribution < 1.29 is 23.8 Å². The molecule has 6 nitrogen and oxygen atoms in total. The number of nitrogens with zero attached hydrogens (tertiary/aromatic N) is 1. The Morgan fingerprint density at radius 3 is 2.27 bits per heavy atom. The van der Waals surface area contributed by atoms with Crippen molar-refractivity contribution in [1.29, 1.82) is 0 Å². The molecule has 0 amide bonds. The van der Waals surface area contributed by atoms with Gasteiger partial charge in [0, 0.05) is 18.6 Å². The molecule has 0 radical (unpaired) electrons. The molecule has 0 bridgehead atoms. The maximum atomic E-state index is 11.5. The Hall–Kier alpha value is -3.12. The fourth-order valence-electron chi connectivity index (χ4n) is 3.81. The number of hydrogen-bond donors (Lipinski definition) is 1. The standard InChI is InChI=1S/C27H33NO5/c1-7-31-25(27(29)30)14-23-17(4)12-22(13-18(23)5)32-15-24-19(6)33-26(28-24)21-10-8-20(9-11-21)16(2)3/h8-13,16,25H,7,14-15H2,1-6H3,(H,29,30). The molecule has 0 fully saturated rings. The van der Waals surface area contributed by atoms with Crippen LogP contribution in [0.1, 0.15) is 60.4 Å². The molecule has 1 unspecified atom stereocenters. The zero-order valence-electron chi connectivity index (χ0n) is 20.3. The molecule has 0 saturated heterocycles. The summed E-state index contributed by atoms with van der Waals surface area (Å²) in [6.07, 6.45) is -0.535. The summed E-state index contributed by atoms with van der Waals surface area (Å²) in [4.78, 5) is 16.1. The number of carboxylic acids is 1. The number of ether oxygens (including phenoxy) is 2. The number of carbonyl (C=O) groups is 1. The van der Waals surface area contributed by atoms with Crippen LogP contribution in [0.2, 0.25) is 0 Å². The summed E-state index contributed by atoms with van der Waals surface area (Å²) < 4.78 is 17.3. The van der Waals surface area contributed by atoms with Gasteiger partial charge in [0.15, 0.2) is 6.10 Å². The van der Waals surface area contributed by atoms with Crippen LogP contribution in [0.5, 0.6) is 5.75 Å². The first-order chi connectivity index (χ1) is 15.7. The highest BCUT2D eigenvalue weighted by Crippen LogP contribution is 2.27. The third-order valence-corrected chi connectivity index (χ3v) is 5.79. The minimum absolute atomic E-state index is 0.286. The monoisotopic (exact) mass is 451 g/mol. The van der Waals surface area contributed by atoms with Crippen molar-refractivity contribution in [2.75, 3.05) is 6.61 Å². The summed E-state index contributed by atoms with van der Waals surface area (Å²) in [5, 5.41) is 9.39. The van der Waals surface area contributed by atoms with Crippen LogP contribution in [0, 0.1) is 20.8 Å². The van der Waals surface area contributed by atoms with Crippen molar-refractivity contribution >= 4 is 5.97 Å². The van der Waals surface area contributed by atoms with Crippen molar-refractivity contribution in [1.82, 2.24) is 4.98 Å². The predicted molar refractivity (Wildman–Crippen MR) is 128 cm³/mol. The first-order valence-corrected chi connectivity index (χ1v) is 11.3. The number of rotatable bonds is 10. The summed E-state index contributed by atoms with van der Waals surface area (Å²) in [6.45, 7) is 12.6. The summed E-state index contributed by atoms with van der Waals surface area (Å²) >= 11 is 0. The van der Waals surface area contributed by atoms with Gasteiger partial charge in [-0.2, -0.15) is 0 Å². The van der Waals surface area contributed by atoms with Crippen molar-refractivity contribution in [3.8, 4) is 17.2 Å². The topological polar surface area (TPSA) is 81.8 Å². The lowest BCUT2D eigenvalue weighted by Crippen LogP contribution is -2.27. The molecule has 0 saturated carbocycles. The van der Waals surface area contributed by atoms with E-state index in [1.54, 1.807) is 6.92 Å². The number of aliphatic carboxylic acids is 1. The molecule has 6 heteroatoms. The van der Waals surface area contributed by atoms with Gasteiger partial charge in [-0.15, -0.1) is 0 Å². The second kappa shape index (κ2) is 10.7. The van der Waals surface area contributed by atoms with Crippen LogP contribution < -0.4 is 4.74 Å². The van der Waals surface area contributed by atoms with Crippen LogP contribution in [0.15, 0.2) is 40.8 Å². The van der Waals surface area contributed by atoms with Crippen LogP contribution in [0.25, 0.3) is 11.5 Å². The van der Waals surface area contributed by atoms with E-state index in [1.165, 1.54) is 5.56 Å². The average Bonchev–Trinajstić information content (AvgIpc) is 3.14. The minimum atomic E-state index is -0.952. The zero-order chi connectivity index (χ0) is 24.1. The van der Waals surface area contributed by atoms with Crippen LogP contribution in [0.3, 0.4) is 0 Å². The first kappa shape index (κ1) is 24.5. The smallest absolute Gasteiger partial charge is 0.333 e. The molecule has 176 valence electrons. The lowest BCUT2D eigenvalue weighted by molar-refractivity contribution is -0.149. The van der Waals surface area contributed by atoms with E-state index < -0.39 is 12.1 Å². The fourth-order valence-corrected chi connectivity index (χ4v) is 3.81. The van der Waals surface area contributed by atoms with Gasteiger partial charge in [-0.25, -0.2) is 9.78 Å². The van der Waals surface area contributed by atoms with Gasteiger partial charge in [0.05, 0.1) is 0 Å². The van der Waals surface area contributed by atoms with Gasteiger partial charge in [-0.05, 0) is 80.1 Å². The number of oxazole rings is 1. The quantitative estimate of drug-likeness (QED) is 0.407. The fraction of sp³-hybridized carbons (Fsp3) is 0.407. The summed E-state index contributed by atoms with van der Waals surface area (Å²) in [6, 6.07) is 12.1. The molecule has 1 N–H and O–H groups in total. The molecular formula is C27H33NO5. The number of aryl methyl sites for hydroxylation is 3. The van der Waals surface area contributed by atoms with Crippen LogP contribution in [0.4, 0.5) is 0 Å². The zero-order valence-corrected chi connectivity index (χ0v) is 20.3. The average molecular weight is 452 g/mol. The largest absolute Gasteiger partial charge is 0.487 e. The lowest BCUT2D eigenvalue weighted by atomic mass is 9.97. The van der Waals surface area contributed by atoms with Gasteiger partial charge in [0.2, 0.25) is 5.89 Å². The Morgan fingerprint density at radius 1 is 1.09 bits per heavy atom. The van der Waals surface area contributed by atoms with Gasteiger partial charge in [0.1, 0.15) is 23.8 Å². The van der Waals surface area contributed by atoms with Crippen molar-refractivity contribution in [3.63, 3.8) is 0 Å². The molecule has 33 heavy (non-hydrogen) atoms. The first-order valence-electron chi connectivity index (χ1n) is 11.3. The predicted octanol–water partition coefficient (Wildman–Crippen LogP) is 6.00. The second-order valence-electron chi connectivity index (χ2n) is 8.61. The molecule has 2 aromatic carbocycles. The minimum Gasteiger partial charge on any atom is -0.487 e. The van der Waals surface area contributed by atoms with E-state index in [0.29, 0.717) is 30.6 Å². The second-order valence-corrected chi connectivity index (χ2v) is 8.61. The Balaban J connectivity index is 1.72. The molecule has 1 heterocycles. The molecule has 0 aliphatic carbocycles. The highest BCUT2D eigenvalue weighted by molar-refractivity contribution is 5.73. The van der Waals surface area contributed by atoms with Crippen molar-refractivity contribution in [2.24, 2.45) is 0 Å². The van der Waals surface area contributed by atoms with Gasteiger partial charge in [0.25, 0.3) is 0 Å². The van der Waals surface area contributed by atoms with Gasteiger partial charge >= 0.3 is 5.97 Å². The van der Waals surface area contributed by atoms with Crippen LogP contribution >= 0.6 is 0 Å². The molecule has 3 aromatic rings. The summed E-state index contributed by atoms with van der Waals surface area (Å²) in [5.74, 6) is 1.54. The van der Waals surface area contributed by atoms with E-state index in [0.717, 1.165) is 33.7 Å². The normalized spacial score (nSPS) is 12.2. The van der Waals surface area contributed by atoms with E-state index >= 15 is 0 Å². The molecule has 0 aliphatic rings. The molecule has 0 spiro atoms. The van der Waals surface area contributed by atoms with E-state index in [4.69, 9.17) is 13.9 Å². The van der Waals surface area contributed by atoms with E-state index in [2.05, 4.69) is 31.0 Å². The number of carboxylic acid groups (broad SMARTS) is 1. The Labute approximate surface area is 195 Å². The molecular weight excluding hydrogens is 418 g/mol. The van der Waals surface area contributed by atoms with Crippen molar-refractivity contribution in [2.45, 2.75) is 66.6 Å². The third-order valence-electron chi connectivity index (χ3n) is 5.79.